The summed E-state index contributed by atoms with van der Waals surface area (Å²) in [4.78, 5) is 6.97. The van der Waals surface area contributed by atoms with E-state index < -0.39 is 0 Å². The molecule has 0 atom stereocenters. The molecule has 0 bridgehead atoms. The van der Waals surface area contributed by atoms with Crippen LogP contribution in [0.25, 0.3) is 0 Å². The molecule has 0 radical (unpaired) electrons. The molecular weight excluding hydrogens is 272 g/mol. The molecule has 3 nitrogen and oxygen atoms in total. The van der Waals surface area contributed by atoms with E-state index in [0.717, 1.165) is 25.5 Å². The van der Waals surface area contributed by atoms with Gasteiger partial charge in [0.05, 0.1) is 6.61 Å². The van der Waals surface area contributed by atoms with Crippen molar-refractivity contribution in [3.05, 3.63) is 23.9 Å². The predicted octanol–water partition coefficient (Wildman–Crippen LogP) is 4.27. The van der Waals surface area contributed by atoms with E-state index in [4.69, 9.17) is 4.74 Å². The lowest BCUT2D eigenvalue weighted by atomic mass is 9.83. The lowest BCUT2D eigenvalue weighted by Crippen LogP contribution is -2.38. The molecule has 124 valence electrons. The van der Waals surface area contributed by atoms with Crippen molar-refractivity contribution in [3.8, 4) is 5.88 Å². The fraction of sp³-hybridized carbons (Fsp3) is 0.737. The van der Waals surface area contributed by atoms with Crippen molar-refractivity contribution in [2.24, 2.45) is 5.41 Å². The number of aromatic nitrogens is 1. The average molecular weight is 304 g/mol. The van der Waals surface area contributed by atoms with Gasteiger partial charge >= 0.3 is 0 Å². The Morgan fingerprint density at radius 3 is 2.41 bits per heavy atom. The third-order valence-electron chi connectivity index (χ3n) is 4.68. The summed E-state index contributed by atoms with van der Waals surface area (Å²) < 4.78 is 5.77. The van der Waals surface area contributed by atoms with Crippen LogP contribution in [0.3, 0.4) is 0 Å². The van der Waals surface area contributed by atoms with Gasteiger partial charge in [-0.05, 0) is 48.7 Å². The number of hydrogen-bond acceptors (Lipinski definition) is 3. The fourth-order valence-corrected chi connectivity index (χ4v) is 2.76. The van der Waals surface area contributed by atoms with E-state index >= 15 is 0 Å². The molecule has 0 amide bonds. The van der Waals surface area contributed by atoms with E-state index in [9.17, 15) is 0 Å². The van der Waals surface area contributed by atoms with Gasteiger partial charge < -0.3 is 9.64 Å². The molecule has 3 heteroatoms. The largest absolute Gasteiger partial charge is 0.478 e. The number of likely N-dealkylation sites (tertiary alicyclic amines) is 1. The van der Waals surface area contributed by atoms with Gasteiger partial charge in [0, 0.05) is 18.8 Å². The van der Waals surface area contributed by atoms with Crippen molar-refractivity contribution in [2.75, 3.05) is 26.2 Å². The third kappa shape index (κ3) is 5.28. The second-order valence-electron chi connectivity index (χ2n) is 8.34. The second-order valence-corrected chi connectivity index (χ2v) is 8.34. The minimum Gasteiger partial charge on any atom is -0.478 e. The molecule has 2 rings (SSSR count). The predicted molar refractivity (Wildman–Crippen MR) is 92.5 cm³/mol. The van der Waals surface area contributed by atoms with E-state index in [2.05, 4.69) is 50.6 Å². The van der Waals surface area contributed by atoms with Crippen LogP contribution in [0.1, 0.15) is 59.4 Å². The van der Waals surface area contributed by atoms with Crippen LogP contribution in [0.15, 0.2) is 18.3 Å². The monoisotopic (exact) mass is 304 g/mol. The molecule has 0 aromatic carbocycles. The molecule has 1 fully saturated rings. The summed E-state index contributed by atoms with van der Waals surface area (Å²) in [5.41, 5.74) is 1.93. The van der Waals surface area contributed by atoms with Gasteiger partial charge in [0.15, 0.2) is 0 Å². The molecule has 22 heavy (non-hydrogen) atoms. The summed E-state index contributed by atoms with van der Waals surface area (Å²) in [5.74, 6) is 0.743. The number of rotatable bonds is 5. The minimum atomic E-state index is 0.146. The summed E-state index contributed by atoms with van der Waals surface area (Å²) >= 11 is 0. The zero-order chi connectivity index (χ0) is 16.2. The molecule has 1 saturated heterocycles. The van der Waals surface area contributed by atoms with Crippen molar-refractivity contribution in [1.29, 1.82) is 0 Å². The molecule has 0 aliphatic carbocycles. The smallest absolute Gasteiger partial charge is 0.213 e. The molecule has 1 aliphatic rings. The molecule has 2 heterocycles. The Hall–Kier alpha value is -1.09. The number of hydrogen-bond donors (Lipinski definition) is 0. The van der Waals surface area contributed by atoms with Crippen molar-refractivity contribution < 1.29 is 4.74 Å². The average Bonchev–Trinajstić information content (AvgIpc) is 2.44. The third-order valence-corrected chi connectivity index (χ3v) is 4.68. The number of ether oxygens (including phenoxy) is 1. The summed E-state index contributed by atoms with van der Waals surface area (Å²) in [5, 5.41) is 0. The van der Waals surface area contributed by atoms with Gasteiger partial charge in [-0.15, -0.1) is 0 Å². The van der Waals surface area contributed by atoms with Crippen LogP contribution in [0.5, 0.6) is 5.88 Å². The zero-order valence-corrected chi connectivity index (χ0v) is 15.0. The highest BCUT2D eigenvalue weighted by Gasteiger charge is 2.24. The lowest BCUT2D eigenvalue weighted by molar-refractivity contribution is 0.125. The van der Waals surface area contributed by atoms with Crippen LogP contribution in [0.4, 0.5) is 0 Å². The van der Waals surface area contributed by atoms with Gasteiger partial charge in [-0.25, -0.2) is 4.98 Å². The van der Waals surface area contributed by atoms with Gasteiger partial charge in [-0.2, -0.15) is 0 Å². The maximum atomic E-state index is 5.77. The first-order valence-electron chi connectivity index (χ1n) is 8.58. The summed E-state index contributed by atoms with van der Waals surface area (Å²) in [6.45, 7) is 15.7. The van der Waals surface area contributed by atoms with Crippen molar-refractivity contribution in [2.45, 2.75) is 59.3 Å². The summed E-state index contributed by atoms with van der Waals surface area (Å²) in [7, 11) is 0. The maximum absolute atomic E-state index is 5.77. The molecule has 1 aromatic heterocycles. The molecule has 0 spiro atoms. The van der Waals surface area contributed by atoms with Crippen LogP contribution in [-0.4, -0.2) is 36.1 Å². The Bertz CT molecular complexity index is 449. The SMILES string of the molecule is CC1(C)CCN(CCCOc2ccc(C(C)(C)C)cn2)CC1. The standard InChI is InChI=1S/C19H32N2O/c1-18(2,3)16-7-8-17(20-15-16)22-14-6-11-21-12-9-19(4,5)10-13-21/h7-8,15H,6,9-14H2,1-5H3. The normalized spacial score (nSPS) is 19.1. The van der Waals surface area contributed by atoms with Crippen LogP contribution in [-0.2, 0) is 5.41 Å². The van der Waals surface area contributed by atoms with E-state index in [1.165, 1.54) is 31.5 Å². The second kappa shape index (κ2) is 6.99. The summed E-state index contributed by atoms with van der Waals surface area (Å²) in [6.07, 6.45) is 5.62. The summed E-state index contributed by atoms with van der Waals surface area (Å²) in [6, 6.07) is 4.11. The topological polar surface area (TPSA) is 25.4 Å². The Kier molecular flexibility index (Phi) is 5.49. The highest BCUT2D eigenvalue weighted by molar-refractivity contribution is 5.23. The van der Waals surface area contributed by atoms with Gasteiger partial charge in [0.25, 0.3) is 0 Å². The number of nitrogens with zero attached hydrogens (tertiary/aromatic N) is 2. The Morgan fingerprint density at radius 2 is 1.86 bits per heavy atom. The Labute approximate surface area is 136 Å². The first-order valence-corrected chi connectivity index (χ1v) is 8.58. The molecule has 1 aliphatic heterocycles. The van der Waals surface area contributed by atoms with Gasteiger partial charge in [-0.1, -0.05) is 40.7 Å². The highest BCUT2D eigenvalue weighted by atomic mass is 16.5. The fourth-order valence-electron chi connectivity index (χ4n) is 2.76. The maximum Gasteiger partial charge on any atom is 0.213 e. The van der Waals surface area contributed by atoms with Crippen molar-refractivity contribution in [3.63, 3.8) is 0 Å². The van der Waals surface area contributed by atoms with Crippen molar-refractivity contribution in [1.82, 2.24) is 9.88 Å². The number of pyridine rings is 1. The minimum absolute atomic E-state index is 0.146. The zero-order valence-electron chi connectivity index (χ0n) is 15.0. The lowest BCUT2D eigenvalue weighted by Gasteiger charge is -2.36. The first-order chi connectivity index (χ1) is 10.3. The van der Waals surface area contributed by atoms with Crippen LogP contribution >= 0.6 is 0 Å². The molecular formula is C19H32N2O. The molecule has 0 N–H and O–H groups in total. The first kappa shape index (κ1) is 17.3. The van der Waals surface area contributed by atoms with Gasteiger partial charge in [0.1, 0.15) is 0 Å². The van der Waals surface area contributed by atoms with Gasteiger partial charge in [-0.3, -0.25) is 0 Å². The Morgan fingerprint density at radius 1 is 1.18 bits per heavy atom. The molecule has 0 saturated carbocycles. The van der Waals surface area contributed by atoms with Crippen LogP contribution in [0.2, 0.25) is 0 Å². The van der Waals surface area contributed by atoms with Crippen molar-refractivity contribution >= 4 is 0 Å². The van der Waals surface area contributed by atoms with E-state index in [1.54, 1.807) is 0 Å². The van der Waals surface area contributed by atoms with E-state index in [0.29, 0.717) is 5.41 Å². The van der Waals surface area contributed by atoms with E-state index in [1.807, 2.05) is 12.3 Å². The van der Waals surface area contributed by atoms with Gasteiger partial charge in [0.2, 0.25) is 5.88 Å². The van der Waals surface area contributed by atoms with E-state index in [-0.39, 0.29) is 5.41 Å². The van der Waals surface area contributed by atoms with Crippen LogP contribution < -0.4 is 4.74 Å². The quantitative estimate of drug-likeness (QED) is 0.760. The number of piperidine rings is 1. The molecule has 1 aromatic rings. The van der Waals surface area contributed by atoms with Crippen LogP contribution in [0, 0.1) is 5.41 Å². The highest BCUT2D eigenvalue weighted by Crippen LogP contribution is 2.29. The Balaban J connectivity index is 1.67. The molecule has 0 unspecified atom stereocenters.